The molecule has 7 nitrogen and oxygen atoms in total. The molecule has 3 rings (SSSR count). The smallest absolute Gasteiger partial charge is 0.355 e. The van der Waals surface area contributed by atoms with E-state index in [0.29, 0.717) is 21.2 Å². The molecule has 0 amide bonds. The summed E-state index contributed by atoms with van der Waals surface area (Å²) in [5, 5.41) is -0.105. The molecule has 0 atom stereocenters. The summed E-state index contributed by atoms with van der Waals surface area (Å²) in [6, 6.07) is 12.3. The summed E-state index contributed by atoms with van der Waals surface area (Å²) in [6.07, 6.45) is 1.27. The summed E-state index contributed by atoms with van der Waals surface area (Å²) < 4.78 is 60.5. The molecular formula is C19H15BrO7S2. The zero-order valence-electron chi connectivity index (χ0n) is 15.0. The SMILES string of the molecule is COc1ccc(C=CS(=O)(=O)CS(=O)(=O)c2cc3cc(Br)ccc3oc2=O)cc1. The fraction of sp³-hybridized carbons (Fsp3) is 0.105. The van der Waals surface area contributed by atoms with Gasteiger partial charge in [0.15, 0.2) is 29.7 Å². The summed E-state index contributed by atoms with van der Waals surface area (Å²) in [5.41, 5.74) is -0.379. The molecule has 0 saturated heterocycles. The first-order chi connectivity index (χ1) is 13.6. The fourth-order valence-electron chi connectivity index (χ4n) is 2.51. The molecule has 0 bridgehead atoms. The Kier molecular flexibility index (Phi) is 5.97. The van der Waals surface area contributed by atoms with Gasteiger partial charge in [0.05, 0.1) is 7.11 Å². The van der Waals surface area contributed by atoms with Crippen LogP contribution in [0.2, 0.25) is 0 Å². The minimum atomic E-state index is -4.45. The van der Waals surface area contributed by atoms with Gasteiger partial charge in [-0.2, -0.15) is 0 Å². The Balaban J connectivity index is 1.91. The standard InChI is InChI=1S/C19H15BrO7S2/c1-26-16-5-2-13(3-6-16)8-9-28(22,23)12-29(24,25)18-11-14-10-15(20)4-7-17(14)27-19(18)21/h2-11H,12H2,1H3. The highest BCUT2D eigenvalue weighted by atomic mass is 79.9. The van der Waals surface area contributed by atoms with Gasteiger partial charge < -0.3 is 9.15 Å². The third-order valence-electron chi connectivity index (χ3n) is 3.90. The largest absolute Gasteiger partial charge is 0.497 e. The Morgan fingerprint density at radius 2 is 1.72 bits per heavy atom. The highest BCUT2D eigenvalue weighted by molar-refractivity contribution is 9.10. The monoisotopic (exact) mass is 498 g/mol. The van der Waals surface area contributed by atoms with Crippen LogP contribution in [0.1, 0.15) is 5.56 Å². The zero-order valence-corrected chi connectivity index (χ0v) is 18.3. The van der Waals surface area contributed by atoms with E-state index in [1.54, 1.807) is 36.4 Å². The molecule has 0 aliphatic rings. The van der Waals surface area contributed by atoms with Crippen molar-refractivity contribution in [3.05, 3.63) is 74.4 Å². The third kappa shape index (κ3) is 5.14. The molecular weight excluding hydrogens is 484 g/mol. The Morgan fingerprint density at radius 3 is 2.38 bits per heavy atom. The van der Waals surface area contributed by atoms with Gasteiger partial charge in [-0.25, -0.2) is 21.6 Å². The molecule has 2 aromatic carbocycles. The lowest BCUT2D eigenvalue weighted by molar-refractivity contribution is 0.415. The van der Waals surface area contributed by atoms with Crippen molar-refractivity contribution >= 4 is 52.6 Å². The lowest BCUT2D eigenvalue weighted by Gasteiger charge is -2.04. The average Bonchev–Trinajstić information content (AvgIpc) is 2.65. The molecule has 0 spiro atoms. The Morgan fingerprint density at radius 1 is 1.03 bits per heavy atom. The van der Waals surface area contributed by atoms with Crippen LogP contribution in [0.15, 0.2) is 72.5 Å². The normalized spacial score (nSPS) is 12.5. The van der Waals surface area contributed by atoms with Gasteiger partial charge in [-0.1, -0.05) is 28.1 Å². The van der Waals surface area contributed by atoms with Crippen molar-refractivity contribution in [1.29, 1.82) is 0 Å². The van der Waals surface area contributed by atoms with Gasteiger partial charge in [0.1, 0.15) is 11.3 Å². The van der Waals surface area contributed by atoms with Crippen LogP contribution in [0.25, 0.3) is 17.0 Å². The summed E-state index contributed by atoms with van der Waals surface area (Å²) in [7, 11) is -7.12. The van der Waals surface area contributed by atoms with Crippen molar-refractivity contribution in [2.75, 3.05) is 12.2 Å². The van der Waals surface area contributed by atoms with Crippen LogP contribution < -0.4 is 10.4 Å². The molecule has 152 valence electrons. The van der Waals surface area contributed by atoms with Gasteiger partial charge in [0.2, 0.25) is 0 Å². The molecule has 1 aromatic heterocycles. The number of fused-ring (bicyclic) bond motifs is 1. The highest BCUT2D eigenvalue weighted by Crippen LogP contribution is 2.22. The molecule has 0 aliphatic heterocycles. The number of benzene rings is 2. The van der Waals surface area contributed by atoms with E-state index < -0.39 is 35.3 Å². The van der Waals surface area contributed by atoms with Gasteiger partial charge in [0, 0.05) is 15.3 Å². The van der Waals surface area contributed by atoms with Crippen LogP contribution in [-0.4, -0.2) is 29.0 Å². The van der Waals surface area contributed by atoms with Gasteiger partial charge in [0.25, 0.3) is 0 Å². The van der Waals surface area contributed by atoms with E-state index in [2.05, 4.69) is 15.9 Å². The molecule has 1 heterocycles. The van der Waals surface area contributed by atoms with E-state index in [1.807, 2.05) is 0 Å². The Labute approximate surface area is 175 Å². The van der Waals surface area contributed by atoms with Gasteiger partial charge in [-0.3, -0.25) is 0 Å². The van der Waals surface area contributed by atoms with Crippen molar-refractivity contribution in [2.45, 2.75) is 4.90 Å². The molecule has 29 heavy (non-hydrogen) atoms. The minimum absolute atomic E-state index is 0.194. The first-order valence-electron chi connectivity index (χ1n) is 8.11. The summed E-state index contributed by atoms with van der Waals surface area (Å²) in [5.74, 6) is 0.599. The first kappa shape index (κ1) is 21.3. The minimum Gasteiger partial charge on any atom is -0.497 e. The summed E-state index contributed by atoms with van der Waals surface area (Å²) in [4.78, 5) is 11.4. The molecule has 0 aliphatic carbocycles. The fourth-order valence-corrected chi connectivity index (χ4v) is 6.41. The maximum Gasteiger partial charge on any atom is 0.355 e. The van der Waals surface area contributed by atoms with Gasteiger partial charge in [-0.05, 0) is 48.0 Å². The molecule has 0 fully saturated rings. The molecule has 3 aromatic rings. The number of hydrogen-bond donors (Lipinski definition) is 0. The highest BCUT2D eigenvalue weighted by Gasteiger charge is 2.26. The van der Waals surface area contributed by atoms with Gasteiger partial charge >= 0.3 is 5.63 Å². The van der Waals surface area contributed by atoms with E-state index in [9.17, 15) is 21.6 Å². The van der Waals surface area contributed by atoms with Crippen molar-refractivity contribution < 1.29 is 26.0 Å². The second-order valence-corrected chi connectivity index (χ2v) is 11.2. The zero-order chi connectivity index (χ0) is 21.2. The number of rotatable bonds is 6. The Hall–Kier alpha value is -2.43. The number of ether oxygens (including phenoxy) is 1. The van der Waals surface area contributed by atoms with Crippen LogP contribution >= 0.6 is 15.9 Å². The lowest BCUT2D eigenvalue weighted by Crippen LogP contribution is -2.21. The molecule has 0 radical (unpaired) electrons. The molecule has 10 heteroatoms. The van der Waals surface area contributed by atoms with E-state index in [-0.39, 0.29) is 5.58 Å². The maximum atomic E-state index is 12.6. The Bertz CT molecular complexity index is 1350. The molecule has 0 unspecified atom stereocenters. The van der Waals surface area contributed by atoms with E-state index in [0.717, 1.165) is 11.5 Å². The second kappa shape index (κ2) is 8.13. The van der Waals surface area contributed by atoms with Crippen molar-refractivity contribution in [3.8, 4) is 5.75 Å². The van der Waals surface area contributed by atoms with Crippen LogP contribution in [0, 0.1) is 0 Å². The van der Waals surface area contributed by atoms with Crippen LogP contribution in [-0.2, 0) is 19.7 Å². The maximum absolute atomic E-state index is 12.6. The number of hydrogen-bond acceptors (Lipinski definition) is 7. The predicted octanol–water partition coefficient (Wildman–Crippen LogP) is 3.38. The predicted molar refractivity (Wildman–Crippen MR) is 113 cm³/mol. The van der Waals surface area contributed by atoms with Gasteiger partial charge in [-0.15, -0.1) is 0 Å². The van der Waals surface area contributed by atoms with Crippen molar-refractivity contribution in [2.24, 2.45) is 0 Å². The van der Waals surface area contributed by atoms with E-state index in [4.69, 9.17) is 9.15 Å². The topological polar surface area (TPSA) is 108 Å². The quantitative estimate of drug-likeness (QED) is 0.479. The number of methoxy groups -OCH3 is 1. The van der Waals surface area contributed by atoms with Crippen molar-refractivity contribution in [3.63, 3.8) is 0 Å². The lowest BCUT2D eigenvalue weighted by atomic mass is 10.2. The number of sulfone groups is 2. The third-order valence-corrected chi connectivity index (χ3v) is 8.45. The first-order valence-corrected chi connectivity index (χ1v) is 12.3. The van der Waals surface area contributed by atoms with Crippen molar-refractivity contribution in [1.82, 2.24) is 0 Å². The molecule has 0 N–H and O–H groups in total. The average molecular weight is 499 g/mol. The van der Waals surface area contributed by atoms with Crippen LogP contribution in [0.4, 0.5) is 0 Å². The van der Waals surface area contributed by atoms with E-state index in [1.165, 1.54) is 19.3 Å². The number of halogens is 1. The van der Waals surface area contributed by atoms with E-state index >= 15 is 0 Å². The van der Waals surface area contributed by atoms with Crippen LogP contribution in [0.5, 0.6) is 5.75 Å². The summed E-state index contributed by atoms with van der Waals surface area (Å²) in [6.45, 7) is 0. The summed E-state index contributed by atoms with van der Waals surface area (Å²) >= 11 is 3.24. The van der Waals surface area contributed by atoms with Crippen LogP contribution in [0.3, 0.4) is 0 Å². The second-order valence-electron chi connectivity index (χ2n) is 6.05. The molecule has 0 saturated carbocycles.